The molecule has 0 atom stereocenters. The lowest BCUT2D eigenvalue weighted by Gasteiger charge is -2.06. The molecule has 5 nitrogen and oxygen atoms in total. The molecule has 19 heavy (non-hydrogen) atoms. The summed E-state index contributed by atoms with van der Waals surface area (Å²) in [6, 6.07) is 8.25. The summed E-state index contributed by atoms with van der Waals surface area (Å²) in [6.07, 6.45) is 2.54. The Bertz CT molecular complexity index is 573. The van der Waals surface area contributed by atoms with Crippen molar-refractivity contribution in [2.75, 3.05) is 5.32 Å². The molecule has 1 heterocycles. The summed E-state index contributed by atoms with van der Waals surface area (Å²) < 4.78 is 1.35. The molecule has 0 aliphatic carbocycles. The van der Waals surface area contributed by atoms with E-state index in [2.05, 4.69) is 29.5 Å². The second-order valence-corrected chi connectivity index (χ2v) is 4.36. The molecular formula is C14H17N3O2. The van der Waals surface area contributed by atoms with Gasteiger partial charge in [-0.05, 0) is 17.5 Å². The van der Waals surface area contributed by atoms with E-state index < -0.39 is 5.97 Å². The number of carboxylic acids is 1. The number of nitrogens with zero attached hydrogens (tertiary/aromatic N) is 2. The molecular weight excluding hydrogens is 242 g/mol. The van der Waals surface area contributed by atoms with Crippen molar-refractivity contribution in [3.8, 4) is 0 Å². The lowest BCUT2D eigenvalue weighted by molar-refractivity contribution is 0.0686. The highest BCUT2D eigenvalue weighted by Crippen LogP contribution is 2.15. The highest BCUT2D eigenvalue weighted by Gasteiger charge is 2.15. The summed E-state index contributed by atoms with van der Waals surface area (Å²) in [5.41, 5.74) is 3.11. The van der Waals surface area contributed by atoms with Crippen LogP contribution in [0.15, 0.2) is 30.5 Å². The Morgan fingerprint density at radius 1 is 1.32 bits per heavy atom. The van der Waals surface area contributed by atoms with Crippen LogP contribution in [0.3, 0.4) is 0 Å². The first-order valence-corrected chi connectivity index (χ1v) is 6.18. The molecule has 0 saturated carbocycles. The Balaban J connectivity index is 2.08. The third-order valence-electron chi connectivity index (χ3n) is 3.06. The number of anilines is 1. The number of aromatic carboxylic acids is 1. The fraction of sp³-hybridized carbons (Fsp3) is 0.286. The lowest BCUT2D eigenvalue weighted by atomic mass is 10.1. The van der Waals surface area contributed by atoms with Crippen molar-refractivity contribution in [2.24, 2.45) is 7.05 Å². The smallest absolute Gasteiger partial charge is 0.356 e. The van der Waals surface area contributed by atoms with Crippen LogP contribution >= 0.6 is 0 Å². The third kappa shape index (κ3) is 2.93. The number of carboxylic acid groups (broad SMARTS) is 1. The van der Waals surface area contributed by atoms with Gasteiger partial charge in [-0.1, -0.05) is 31.2 Å². The van der Waals surface area contributed by atoms with Crippen molar-refractivity contribution in [2.45, 2.75) is 19.9 Å². The molecule has 2 aromatic rings. The molecule has 0 bridgehead atoms. The summed E-state index contributed by atoms with van der Waals surface area (Å²) in [5.74, 6) is -0.983. The van der Waals surface area contributed by atoms with Crippen molar-refractivity contribution in [1.29, 1.82) is 0 Å². The number of benzene rings is 1. The standard InChI is InChI=1S/C14H17N3O2/c1-3-10-4-6-11(7-5-10)8-15-12-9-16-17(2)13(12)14(18)19/h4-7,9,15H,3,8H2,1-2H3,(H,18,19). The van der Waals surface area contributed by atoms with Gasteiger partial charge in [-0.25, -0.2) is 4.79 Å². The van der Waals surface area contributed by atoms with Gasteiger partial charge in [-0.2, -0.15) is 5.10 Å². The van der Waals surface area contributed by atoms with Crippen LogP contribution in [0.5, 0.6) is 0 Å². The third-order valence-corrected chi connectivity index (χ3v) is 3.06. The number of hydrogen-bond acceptors (Lipinski definition) is 3. The summed E-state index contributed by atoms with van der Waals surface area (Å²) >= 11 is 0. The van der Waals surface area contributed by atoms with Crippen molar-refractivity contribution < 1.29 is 9.90 Å². The fourth-order valence-corrected chi connectivity index (χ4v) is 1.91. The maximum atomic E-state index is 11.1. The van der Waals surface area contributed by atoms with Crippen molar-refractivity contribution in [1.82, 2.24) is 9.78 Å². The van der Waals surface area contributed by atoms with E-state index in [0.717, 1.165) is 12.0 Å². The highest BCUT2D eigenvalue weighted by atomic mass is 16.4. The Morgan fingerprint density at radius 2 is 1.95 bits per heavy atom. The van der Waals surface area contributed by atoms with Gasteiger partial charge in [0, 0.05) is 13.6 Å². The van der Waals surface area contributed by atoms with E-state index >= 15 is 0 Å². The van der Waals surface area contributed by atoms with E-state index in [9.17, 15) is 4.79 Å². The Morgan fingerprint density at radius 3 is 2.53 bits per heavy atom. The number of aryl methyl sites for hydroxylation is 2. The number of aromatic nitrogens is 2. The minimum absolute atomic E-state index is 0.171. The maximum absolute atomic E-state index is 11.1. The SMILES string of the molecule is CCc1ccc(CNc2cnn(C)c2C(=O)O)cc1. The van der Waals surface area contributed by atoms with Crippen LogP contribution in [0.1, 0.15) is 28.5 Å². The molecule has 2 N–H and O–H groups in total. The van der Waals surface area contributed by atoms with Crippen LogP contribution in [-0.4, -0.2) is 20.9 Å². The van der Waals surface area contributed by atoms with E-state index in [1.165, 1.54) is 16.4 Å². The summed E-state index contributed by atoms with van der Waals surface area (Å²) in [6.45, 7) is 2.69. The van der Waals surface area contributed by atoms with E-state index in [4.69, 9.17) is 5.11 Å². The second-order valence-electron chi connectivity index (χ2n) is 4.36. The zero-order chi connectivity index (χ0) is 13.8. The molecule has 1 aromatic carbocycles. The van der Waals surface area contributed by atoms with Gasteiger partial charge in [-0.15, -0.1) is 0 Å². The number of rotatable bonds is 5. The molecule has 0 aliphatic heterocycles. The monoisotopic (exact) mass is 259 g/mol. The topological polar surface area (TPSA) is 67.2 Å². The Hall–Kier alpha value is -2.30. The maximum Gasteiger partial charge on any atom is 0.356 e. The van der Waals surface area contributed by atoms with Crippen LogP contribution in [-0.2, 0) is 20.0 Å². The molecule has 1 aromatic heterocycles. The average Bonchev–Trinajstić information content (AvgIpc) is 2.78. The van der Waals surface area contributed by atoms with Crippen molar-refractivity contribution in [3.05, 3.63) is 47.3 Å². The molecule has 0 amide bonds. The zero-order valence-electron chi connectivity index (χ0n) is 11.1. The minimum atomic E-state index is -0.983. The number of carbonyl (C=O) groups is 1. The van der Waals surface area contributed by atoms with Crippen molar-refractivity contribution >= 4 is 11.7 Å². The van der Waals surface area contributed by atoms with E-state index in [1.807, 2.05) is 12.1 Å². The average molecular weight is 259 g/mol. The first-order chi connectivity index (χ1) is 9.11. The van der Waals surface area contributed by atoms with Gasteiger partial charge in [0.05, 0.1) is 11.9 Å². The molecule has 2 rings (SSSR count). The van der Waals surface area contributed by atoms with Gasteiger partial charge < -0.3 is 10.4 Å². The Kier molecular flexibility index (Phi) is 3.85. The van der Waals surface area contributed by atoms with Gasteiger partial charge >= 0.3 is 5.97 Å². The molecule has 100 valence electrons. The molecule has 0 fully saturated rings. The predicted molar refractivity (Wildman–Crippen MR) is 73.3 cm³/mol. The van der Waals surface area contributed by atoms with Crippen LogP contribution in [0.2, 0.25) is 0 Å². The lowest BCUT2D eigenvalue weighted by Crippen LogP contribution is -2.09. The fourth-order valence-electron chi connectivity index (χ4n) is 1.91. The molecule has 0 unspecified atom stereocenters. The van der Waals surface area contributed by atoms with E-state index in [-0.39, 0.29) is 5.69 Å². The highest BCUT2D eigenvalue weighted by molar-refractivity contribution is 5.92. The van der Waals surface area contributed by atoms with E-state index in [1.54, 1.807) is 7.05 Å². The quantitative estimate of drug-likeness (QED) is 0.864. The summed E-state index contributed by atoms with van der Waals surface area (Å²) in [5, 5.41) is 16.2. The zero-order valence-corrected chi connectivity index (χ0v) is 11.1. The number of nitrogens with one attached hydrogen (secondary N) is 1. The summed E-state index contributed by atoms with van der Waals surface area (Å²) in [7, 11) is 1.62. The first kappa shape index (κ1) is 13.1. The van der Waals surface area contributed by atoms with Crippen LogP contribution in [0.4, 0.5) is 5.69 Å². The first-order valence-electron chi connectivity index (χ1n) is 6.18. The molecule has 0 radical (unpaired) electrons. The molecule has 0 aliphatic rings. The normalized spacial score (nSPS) is 10.4. The predicted octanol–water partition coefficient (Wildman–Crippen LogP) is 2.29. The van der Waals surface area contributed by atoms with Crippen molar-refractivity contribution in [3.63, 3.8) is 0 Å². The Labute approximate surface area is 111 Å². The summed E-state index contributed by atoms with van der Waals surface area (Å²) in [4.78, 5) is 11.1. The van der Waals surface area contributed by atoms with Crippen LogP contribution < -0.4 is 5.32 Å². The van der Waals surface area contributed by atoms with E-state index in [0.29, 0.717) is 12.2 Å². The van der Waals surface area contributed by atoms with Gasteiger partial charge in [-0.3, -0.25) is 4.68 Å². The molecule has 0 saturated heterocycles. The molecule has 0 spiro atoms. The van der Waals surface area contributed by atoms with Gasteiger partial charge in [0.2, 0.25) is 0 Å². The largest absolute Gasteiger partial charge is 0.476 e. The molecule has 5 heteroatoms. The van der Waals surface area contributed by atoms with Crippen LogP contribution in [0, 0.1) is 0 Å². The number of hydrogen-bond donors (Lipinski definition) is 2. The van der Waals surface area contributed by atoms with Crippen LogP contribution in [0.25, 0.3) is 0 Å². The van der Waals surface area contributed by atoms with Gasteiger partial charge in [0.15, 0.2) is 5.69 Å². The minimum Gasteiger partial charge on any atom is -0.476 e. The van der Waals surface area contributed by atoms with Gasteiger partial charge in [0.25, 0.3) is 0 Å². The second kappa shape index (κ2) is 5.56. The van der Waals surface area contributed by atoms with Gasteiger partial charge in [0.1, 0.15) is 0 Å².